The predicted molar refractivity (Wildman–Crippen MR) is 121 cm³/mol. The van der Waals surface area contributed by atoms with Crippen LogP contribution in [-0.4, -0.2) is 13.3 Å². The van der Waals surface area contributed by atoms with Gasteiger partial charge in [0, 0.05) is 0 Å². The zero-order valence-corrected chi connectivity index (χ0v) is 19.1. The molecule has 0 aliphatic heterocycles. The van der Waals surface area contributed by atoms with E-state index < -0.39 is 11.6 Å². The Hall–Kier alpha value is -1.45. The SMILES string of the molecule is CCOc1ccc(CCC2CCC(C3CCC(C=CCCCF)CC3)CC2)c(F)c1F. The standard InChI is InChI=1S/C27H39F3O/c1-2-31-25-18-17-24(26(29)27(25)30)16-11-21-9-14-23(15-10-21)22-12-7-20(8-13-22)6-4-3-5-19-28/h4,6,17-18,20-23H,2-3,5,7-16,19H2,1H3. The molecule has 2 aliphatic carbocycles. The number of allylic oxidation sites excluding steroid dienone is 2. The third kappa shape index (κ3) is 7.02. The van der Waals surface area contributed by atoms with E-state index in [4.69, 9.17) is 4.74 Å². The molecular formula is C27H39F3O. The summed E-state index contributed by atoms with van der Waals surface area (Å²) in [6.07, 6.45) is 17.8. The molecule has 0 bridgehead atoms. The van der Waals surface area contributed by atoms with E-state index >= 15 is 0 Å². The van der Waals surface area contributed by atoms with E-state index in [0.29, 0.717) is 36.8 Å². The molecule has 2 aliphatic rings. The number of ether oxygens (including phenoxy) is 1. The summed E-state index contributed by atoms with van der Waals surface area (Å²) in [6, 6.07) is 3.24. The largest absolute Gasteiger partial charge is 0.491 e. The fourth-order valence-corrected chi connectivity index (χ4v) is 5.63. The Morgan fingerprint density at radius 1 is 0.935 bits per heavy atom. The molecule has 0 heterocycles. The first-order valence-electron chi connectivity index (χ1n) is 12.4. The van der Waals surface area contributed by atoms with E-state index in [1.807, 2.05) is 0 Å². The Balaban J connectivity index is 1.38. The molecule has 2 fully saturated rings. The maximum atomic E-state index is 14.3. The van der Waals surface area contributed by atoms with Crippen molar-refractivity contribution in [2.75, 3.05) is 13.3 Å². The van der Waals surface area contributed by atoms with E-state index in [-0.39, 0.29) is 12.4 Å². The lowest BCUT2D eigenvalue weighted by Crippen LogP contribution is -2.25. The van der Waals surface area contributed by atoms with Crippen LogP contribution in [0.5, 0.6) is 5.75 Å². The topological polar surface area (TPSA) is 9.23 Å². The van der Waals surface area contributed by atoms with Crippen LogP contribution in [0.3, 0.4) is 0 Å². The summed E-state index contributed by atoms with van der Waals surface area (Å²) in [5, 5.41) is 0. The summed E-state index contributed by atoms with van der Waals surface area (Å²) < 4.78 is 45.7. The van der Waals surface area contributed by atoms with Gasteiger partial charge >= 0.3 is 0 Å². The lowest BCUT2D eigenvalue weighted by molar-refractivity contribution is 0.152. The molecule has 0 radical (unpaired) electrons. The van der Waals surface area contributed by atoms with Crippen LogP contribution in [-0.2, 0) is 6.42 Å². The number of hydrogen-bond donors (Lipinski definition) is 0. The van der Waals surface area contributed by atoms with Gasteiger partial charge in [-0.3, -0.25) is 4.39 Å². The van der Waals surface area contributed by atoms with E-state index in [1.54, 1.807) is 19.1 Å². The van der Waals surface area contributed by atoms with Gasteiger partial charge in [-0.2, -0.15) is 4.39 Å². The molecule has 0 spiro atoms. The molecule has 0 N–H and O–H groups in total. The summed E-state index contributed by atoms with van der Waals surface area (Å²) >= 11 is 0. The molecule has 0 amide bonds. The number of unbranched alkanes of at least 4 members (excludes halogenated alkanes) is 1. The lowest BCUT2D eigenvalue weighted by Gasteiger charge is -2.37. The quantitative estimate of drug-likeness (QED) is 0.265. The van der Waals surface area contributed by atoms with Gasteiger partial charge in [-0.15, -0.1) is 0 Å². The van der Waals surface area contributed by atoms with Crippen LogP contribution in [0, 0.1) is 35.3 Å². The van der Waals surface area contributed by atoms with Crippen molar-refractivity contribution in [3.8, 4) is 5.75 Å². The molecule has 1 aromatic rings. The van der Waals surface area contributed by atoms with E-state index in [9.17, 15) is 13.2 Å². The third-order valence-corrected chi connectivity index (χ3v) is 7.54. The molecule has 174 valence electrons. The summed E-state index contributed by atoms with van der Waals surface area (Å²) in [4.78, 5) is 0. The molecule has 0 atom stereocenters. The normalized spacial score (nSPS) is 27.0. The van der Waals surface area contributed by atoms with Crippen LogP contribution >= 0.6 is 0 Å². The zero-order valence-electron chi connectivity index (χ0n) is 19.1. The van der Waals surface area contributed by atoms with Gasteiger partial charge < -0.3 is 4.74 Å². The van der Waals surface area contributed by atoms with Gasteiger partial charge in [0.25, 0.3) is 0 Å². The first-order valence-corrected chi connectivity index (χ1v) is 12.4. The highest BCUT2D eigenvalue weighted by Gasteiger charge is 2.30. The smallest absolute Gasteiger partial charge is 0.200 e. The van der Waals surface area contributed by atoms with Gasteiger partial charge in [0.05, 0.1) is 13.3 Å². The summed E-state index contributed by atoms with van der Waals surface area (Å²) in [6.45, 7) is 1.88. The maximum absolute atomic E-state index is 14.3. The zero-order chi connectivity index (χ0) is 22.1. The van der Waals surface area contributed by atoms with Gasteiger partial charge in [0.1, 0.15) is 0 Å². The highest BCUT2D eigenvalue weighted by Crippen LogP contribution is 2.42. The van der Waals surface area contributed by atoms with Crippen LogP contribution in [0.15, 0.2) is 24.3 Å². The fraction of sp³-hybridized carbons (Fsp3) is 0.704. The molecule has 31 heavy (non-hydrogen) atoms. The van der Waals surface area contributed by atoms with Gasteiger partial charge in [-0.05, 0) is 106 Å². The van der Waals surface area contributed by atoms with Crippen molar-refractivity contribution in [1.82, 2.24) is 0 Å². The van der Waals surface area contributed by atoms with Crippen LogP contribution in [0.1, 0.15) is 83.1 Å². The second-order valence-corrected chi connectivity index (χ2v) is 9.54. The number of alkyl halides is 1. The average Bonchev–Trinajstić information content (AvgIpc) is 2.80. The van der Waals surface area contributed by atoms with Crippen molar-refractivity contribution in [3.63, 3.8) is 0 Å². The molecule has 0 saturated heterocycles. The van der Waals surface area contributed by atoms with Gasteiger partial charge in [-0.25, -0.2) is 4.39 Å². The number of aryl methyl sites for hydroxylation is 1. The fourth-order valence-electron chi connectivity index (χ4n) is 5.63. The molecule has 2 saturated carbocycles. The molecular weight excluding hydrogens is 397 g/mol. The van der Waals surface area contributed by atoms with Crippen molar-refractivity contribution in [1.29, 1.82) is 0 Å². The number of rotatable bonds is 10. The first kappa shape index (κ1) is 24.2. The van der Waals surface area contributed by atoms with Crippen molar-refractivity contribution in [3.05, 3.63) is 41.5 Å². The van der Waals surface area contributed by atoms with Crippen LogP contribution in [0.4, 0.5) is 13.2 Å². The average molecular weight is 437 g/mol. The minimum absolute atomic E-state index is 0.00855. The van der Waals surface area contributed by atoms with E-state index in [0.717, 1.165) is 24.7 Å². The van der Waals surface area contributed by atoms with Gasteiger partial charge in [0.15, 0.2) is 11.6 Å². The second kappa shape index (κ2) is 12.6. The van der Waals surface area contributed by atoms with E-state index in [1.165, 1.54) is 51.4 Å². The van der Waals surface area contributed by atoms with Crippen LogP contribution in [0.25, 0.3) is 0 Å². The van der Waals surface area contributed by atoms with Crippen molar-refractivity contribution < 1.29 is 17.9 Å². The van der Waals surface area contributed by atoms with Gasteiger partial charge in [0.2, 0.25) is 5.82 Å². The molecule has 0 aromatic heterocycles. The Morgan fingerprint density at radius 2 is 1.61 bits per heavy atom. The number of hydrogen-bond acceptors (Lipinski definition) is 1. The minimum atomic E-state index is -0.851. The Kier molecular flexibility index (Phi) is 9.80. The molecule has 3 rings (SSSR count). The molecule has 1 aromatic carbocycles. The Labute approximate surface area is 186 Å². The van der Waals surface area contributed by atoms with Gasteiger partial charge in [-0.1, -0.05) is 31.1 Å². The lowest BCUT2D eigenvalue weighted by atomic mass is 9.68. The summed E-state index contributed by atoms with van der Waals surface area (Å²) in [7, 11) is 0. The molecule has 4 heteroatoms. The number of benzene rings is 1. The first-order chi connectivity index (χ1) is 15.1. The van der Waals surface area contributed by atoms with Crippen LogP contribution in [0.2, 0.25) is 0 Å². The van der Waals surface area contributed by atoms with Crippen molar-refractivity contribution in [2.45, 2.75) is 84.0 Å². The molecule has 0 unspecified atom stereocenters. The minimum Gasteiger partial charge on any atom is -0.491 e. The van der Waals surface area contributed by atoms with Crippen LogP contribution < -0.4 is 4.74 Å². The number of halogens is 3. The van der Waals surface area contributed by atoms with Crippen molar-refractivity contribution in [2.24, 2.45) is 23.7 Å². The molecule has 1 nitrogen and oxygen atoms in total. The third-order valence-electron chi connectivity index (χ3n) is 7.54. The Morgan fingerprint density at radius 3 is 2.26 bits per heavy atom. The Bertz CT molecular complexity index is 686. The summed E-state index contributed by atoms with van der Waals surface area (Å²) in [5.41, 5.74) is 0.473. The maximum Gasteiger partial charge on any atom is 0.200 e. The predicted octanol–water partition coefficient (Wildman–Crippen LogP) is 8.21. The highest BCUT2D eigenvalue weighted by atomic mass is 19.2. The van der Waals surface area contributed by atoms with Crippen molar-refractivity contribution >= 4 is 0 Å². The van der Waals surface area contributed by atoms with E-state index in [2.05, 4.69) is 12.2 Å². The summed E-state index contributed by atoms with van der Waals surface area (Å²) in [5.74, 6) is 1.43. The monoisotopic (exact) mass is 436 g/mol. The highest BCUT2D eigenvalue weighted by molar-refractivity contribution is 5.31. The second-order valence-electron chi connectivity index (χ2n) is 9.54.